The highest BCUT2D eigenvalue weighted by molar-refractivity contribution is 4.97. The maximum Gasteiger partial charge on any atom is 0.115 e. The first-order valence-corrected chi connectivity index (χ1v) is 5.43. The molecule has 2 atom stereocenters. The summed E-state index contributed by atoms with van der Waals surface area (Å²) >= 11 is 0. The minimum Gasteiger partial charge on any atom is -0.378 e. The molecule has 1 fully saturated rings. The molecule has 0 aliphatic carbocycles. The maximum absolute atomic E-state index is 5.50. The highest BCUT2D eigenvalue weighted by Crippen LogP contribution is 2.19. The van der Waals surface area contributed by atoms with Crippen molar-refractivity contribution in [3.8, 4) is 0 Å². The van der Waals surface area contributed by atoms with Gasteiger partial charge < -0.3 is 10.1 Å². The largest absolute Gasteiger partial charge is 0.378 e. The number of aromatic nitrogens is 2. The number of hydrogen-bond acceptors (Lipinski definition) is 4. The van der Waals surface area contributed by atoms with Crippen LogP contribution in [0.25, 0.3) is 0 Å². The molecule has 1 N–H and O–H groups in total. The quantitative estimate of drug-likeness (QED) is 0.800. The number of ether oxygens (including phenoxy) is 1. The normalized spacial score (nSPS) is 25.7. The highest BCUT2D eigenvalue weighted by Gasteiger charge is 2.23. The summed E-state index contributed by atoms with van der Waals surface area (Å²) < 4.78 is 5.50. The Balaban J connectivity index is 1.71. The molecule has 1 aromatic heterocycles. The van der Waals surface area contributed by atoms with E-state index in [4.69, 9.17) is 4.74 Å². The Bertz CT molecular complexity index is 291. The highest BCUT2D eigenvalue weighted by atomic mass is 16.5. The third-order valence-electron chi connectivity index (χ3n) is 2.89. The summed E-state index contributed by atoms with van der Waals surface area (Å²) in [5.41, 5.74) is 1.04. The van der Waals surface area contributed by atoms with Gasteiger partial charge in [-0.05, 0) is 25.3 Å². The predicted molar refractivity (Wildman–Crippen MR) is 57.3 cm³/mol. The number of nitrogens with one attached hydrogen (secondary N) is 1. The molecule has 2 heterocycles. The van der Waals surface area contributed by atoms with Crippen LogP contribution in [0.15, 0.2) is 18.6 Å². The number of rotatable bonds is 4. The SMILES string of the molecule is CC1OCCC1CNCc1ccncn1. The molecule has 0 spiro atoms. The van der Waals surface area contributed by atoms with E-state index in [9.17, 15) is 0 Å². The van der Waals surface area contributed by atoms with E-state index in [2.05, 4.69) is 22.2 Å². The van der Waals surface area contributed by atoms with Gasteiger partial charge in [-0.1, -0.05) is 0 Å². The first-order chi connectivity index (χ1) is 7.36. The van der Waals surface area contributed by atoms with Gasteiger partial charge in [-0.3, -0.25) is 0 Å². The minimum atomic E-state index is 0.392. The third-order valence-corrected chi connectivity index (χ3v) is 2.89. The van der Waals surface area contributed by atoms with Crippen LogP contribution in [0.4, 0.5) is 0 Å². The molecule has 2 rings (SSSR count). The second kappa shape index (κ2) is 5.19. The smallest absolute Gasteiger partial charge is 0.115 e. The van der Waals surface area contributed by atoms with Crippen molar-refractivity contribution < 1.29 is 4.74 Å². The van der Waals surface area contributed by atoms with Gasteiger partial charge in [-0.25, -0.2) is 9.97 Å². The van der Waals surface area contributed by atoms with E-state index in [0.29, 0.717) is 12.0 Å². The Morgan fingerprint density at radius 2 is 2.53 bits per heavy atom. The standard InChI is InChI=1S/C11H17N3O/c1-9-10(3-5-15-9)6-13-7-11-2-4-12-8-14-11/h2,4,8-10,13H,3,5-7H2,1H3. The lowest BCUT2D eigenvalue weighted by Crippen LogP contribution is -2.26. The van der Waals surface area contributed by atoms with Crippen molar-refractivity contribution >= 4 is 0 Å². The van der Waals surface area contributed by atoms with Gasteiger partial charge in [0.25, 0.3) is 0 Å². The van der Waals surface area contributed by atoms with Gasteiger partial charge >= 0.3 is 0 Å². The van der Waals surface area contributed by atoms with E-state index in [1.807, 2.05) is 6.07 Å². The van der Waals surface area contributed by atoms with Crippen LogP contribution in [-0.4, -0.2) is 29.2 Å². The van der Waals surface area contributed by atoms with Crippen molar-refractivity contribution in [2.75, 3.05) is 13.2 Å². The lowest BCUT2D eigenvalue weighted by molar-refractivity contribution is 0.105. The van der Waals surface area contributed by atoms with E-state index in [0.717, 1.165) is 31.8 Å². The molecule has 1 saturated heterocycles. The van der Waals surface area contributed by atoms with Crippen LogP contribution < -0.4 is 5.32 Å². The monoisotopic (exact) mass is 207 g/mol. The van der Waals surface area contributed by atoms with E-state index < -0.39 is 0 Å². The average Bonchev–Trinajstić information content (AvgIpc) is 2.66. The maximum atomic E-state index is 5.50. The van der Waals surface area contributed by atoms with Crippen LogP contribution >= 0.6 is 0 Å². The van der Waals surface area contributed by atoms with Gasteiger partial charge in [0.15, 0.2) is 0 Å². The molecule has 2 unspecified atom stereocenters. The Labute approximate surface area is 90.1 Å². The second-order valence-electron chi connectivity index (χ2n) is 3.96. The number of nitrogens with zero attached hydrogens (tertiary/aromatic N) is 2. The van der Waals surface area contributed by atoms with Gasteiger partial charge in [0.05, 0.1) is 11.8 Å². The van der Waals surface area contributed by atoms with Crippen molar-refractivity contribution in [2.45, 2.75) is 26.0 Å². The summed E-state index contributed by atoms with van der Waals surface area (Å²) in [7, 11) is 0. The first kappa shape index (κ1) is 10.5. The second-order valence-corrected chi connectivity index (χ2v) is 3.96. The van der Waals surface area contributed by atoms with Crippen LogP contribution in [0.3, 0.4) is 0 Å². The van der Waals surface area contributed by atoms with Crippen LogP contribution in [-0.2, 0) is 11.3 Å². The van der Waals surface area contributed by atoms with Gasteiger partial charge in [-0.15, -0.1) is 0 Å². The molecule has 4 nitrogen and oxygen atoms in total. The minimum absolute atomic E-state index is 0.392. The zero-order valence-electron chi connectivity index (χ0n) is 9.02. The molecular weight excluding hydrogens is 190 g/mol. The van der Waals surface area contributed by atoms with E-state index in [1.54, 1.807) is 12.5 Å². The van der Waals surface area contributed by atoms with Gasteiger partial charge in [0, 0.05) is 25.9 Å². The van der Waals surface area contributed by atoms with E-state index in [-0.39, 0.29) is 0 Å². The van der Waals surface area contributed by atoms with Crippen LogP contribution in [0.2, 0.25) is 0 Å². The Morgan fingerprint density at radius 1 is 1.60 bits per heavy atom. The summed E-state index contributed by atoms with van der Waals surface area (Å²) in [6.07, 6.45) is 4.91. The third kappa shape index (κ3) is 2.97. The lowest BCUT2D eigenvalue weighted by Gasteiger charge is -2.14. The molecule has 0 aromatic carbocycles. The van der Waals surface area contributed by atoms with Crippen LogP contribution in [0.5, 0.6) is 0 Å². The molecule has 4 heteroatoms. The van der Waals surface area contributed by atoms with E-state index >= 15 is 0 Å². The molecule has 1 aromatic rings. The Kier molecular flexibility index (Phi) is 3.64. The Hall–Kier alpha value is -1.00. The van der Waals surface area contributed by atoms with Gasteiger partial charge in [0.1, 0.15) is 6.33 Å². The zero-order valence-corrected chi connectivity index (χ0v) is 9.02. The molecule has 82 valence electrons. The van der Waals surface area contributed by atoms with Crippen LogP contribution in [0, 0.1) is 5.92 Å². The molecule has 0 amide bonds. The van der Waals surface area contributed by atoms with Crippen molar-refractivity contribution in [3.05, 3.63) is 24.3 Å². The van der Waals surface area contributed by atoms with Gasteiger partial charge in [0.2, 0.25) is 0 Å². The lowest BCUT2D eigenvalue weighted by atomic mass is 10.0. The average molecular weight is 207 g/mol. The molecule has 0 bridgehead atoms. The molecule has 1 aliphatic heterocycles. The first-order valence-electron chi connectivity index (χ1n) is 5.43. The Morgan fingerprint density at radius 3 is 3.20 bits per heavy atom. The van der Waals surface area contributed by atoms with Crippen molar-refractivity contribution in [3.63, 3.8) is 0 Å². The summed E-state index contributed by atoms with van der Waals surface area (Å²) in [4.78, 5) is 8.04. The fraction of sp³-hybridized carbons (Fsp3) is 0.636. The summed E-state index contributed by atoms with van der Waals surface area (Å²) in [6.45, 7) is 4.86. The van der Waals surface area contributed by atoms with Crippen molar-refractivity contribution in [1.82, 2.24) is 15.3 Å². The van der Waals surface area contributed by atoms with Crippen molar-refractivity contribution in [1.29, 1.82) is 0 Å². The fourth-order valence-corrected chi connectivity index (χ4v) is 1.85. The van der Waals surface area contributed by atoms with Crippen molar-refractivity contribution in [2.24, 2.45) is 5.92 Å². The molecular formula is C11H17N3O. The summed E-state index contributed by atoms with van der Waals surface area (Å²) in [5, 5.41) is 3.40. The number of hydrogen-bond donors (Lipinski definition) is 1. The molecule has 0 radical (unpaired) electrons. The molecule has 0 saturated carbocycles. The predicted octanol–water partition coefficient (Wildman–Crippen LogP) is 0.991. The summed E-state index contributed by atoms with van der Waals surface area (Å²) in [6, 6.07) is 1.93. The topological polar surface area (TPSA) is 47.0 Å². The van der Waals surface area contributed by atoms with Crippen LogP contribution in [0.1, 0.15) is 19.0 Å². The fourth-order valence-electron chi connectivity index (χ4n) is 1.85. The van der Waals surface area contributed by atoms with Gasteiger partial charge in [-0.2, -0.15) is 0 Å². The van der Waals surface area contributed by atoms with E-state index in [1.165, 1.54) is 0 Å². The molecule has 1 aliphatic rings. The summed E-state index contributed by atoms with van der Waals surface area (Å²) in [5.74, 6) is 0.645. The molecule has 15 heavy (non-hydrogen) atoms. The zero-order chi connectivity index (χ0) is 10.5.